The van der Waals surface area contributed by atoms with Crippen molar-refractivity contribution in [1.29, 1.82) is 0 Å². The summed E-state index contributed by atoms with van der Waals surface area (Å²) in [6, 6.07) is 13.2. The lowest BCUT2D eigenvalue weighted by Gasteiger charge is -2.27. The van der Waals surface area contributed by atoms with E-state index in [4.69, 9.17) is 5.73 Å². The molecular weight excluding hydrogens is 230 g/mol. The van der Waals surface area contributed by atoms with Gasteiger partial charge in [-0.15, -0.1) is 0 Å². The second-order valence-corrected chi connectivity index (χ2v) is 6.03. The predicted molar refractivity (Wildman–Crippen MR) is 80.4 cm³/mol. The number of aryl methyl sites for hydroxylation is 3. The Morgan fingerprint density at radius 2 is 1.37 bits per heavy atom. The van der Waals surface area contributed by atoms with Gasteiger partial charge < -0.3 is 5.73 Å². The van der Waals surface area contributed by atoms with Gasteiger partial charge in [-0.05, 0) is 67.0 Å². The van der Waals surface area contributed by atoms with E-state index in [-0.39, 0.29) is 5.54 Å². The maximum Gasteiger partial charge on any atom is 0.0494 e. The van der Waals surface area contributed by atoms with Gasteiger partial charge in [-0.3, -0.25) is 0 Å². The monoisotopic (exact) mass is 251 g/mol. The number of hydrogen-bond acceptors (Lipinski definition) is 1. The molecule has 3 rings (SSSR count). The number of fused-ring (bicyclic) bond motifs is 1. The molecule has 1 aliphatic rings. The molecule has 0 aliphatic heterocycles. The molecule has 1 nitrogen and oxygen atoms in total. The summed E-state index contributed by atoms with van der Waals surface area (Å²) in [6.07, 6.45) is 1.90. The van der Waals surface area contributed by atoms with Crippen LogP contribution in [0.3, 0.4) is 0 Å². The summed E-state index contributed by atoms with van der Waals surface area (Å²) in [5.74, 6) is 0. The summed E-state index contributed by atoms with van der Waals surface area (Å²) in [5, 5.41) is 0. The Labute approximate surface area is 115 Å². The predicted octanol–water partition coefficient (Wildman–Crippen LogP) is 3.56. The Morgan fingerprint density at radius 1 is 0.842 bits per heavy atom. The standard InChI is InChI=1S/C18H21N/c1-12-8-14(3)17(9-13(12)2)18(19)10-15-6-4-5-7-16(15)11-18/h4-9H,10-11,19H2,1-3H3. The van der Waals surface area contributed by atoms with Gasteiger partial charge in [-0.25, -0.2) is 0 Å². The molecule has 0 fully saturated rings. The largest absolute Gasteiger partial charge is 0.321 e. The van der Waals surface area contributed by atoms with Gasteiger partial charge in [0.15, 0.2) is 0 Å². The summed E-state index contributed by atoms with van der Waals surface area (Å²) in [4.78, 5) is 0. The van der Waals surface area contributed by atoms with E-state index in [0.29, 0.717) is 0 Å². The average Bonchev–Trinajstić information content (AvgIpc) is 2.70. The molecule has 98 valence electrons. The van der Waals surface area contributed by atoms with E-state index in [1.807, 2.05) is 0 Å². The normalized spacial score (nSPS) is 16.4. The zero-order chi connectivity index (χ0) is 13.6. The minimum absolute atomic E-state index is 0.230. The topological polar surface area (TPSA) is 26.0 Å². The molecule has 0 aromatic heterocycles. The number of rotatable bonds is 1. The minimum Gasteiger partial charge on any atom is -0.321 e. The lowest BCUT2D eigenvalue weighted by Crippen LogP contribution is -2.38. The van der Waals surface area contributed by atoms with E-state index < -0.39 is 0 Å². The van der Waals surface area contributed by atoms with Crippen molar-refractivity contribution in [3.63, 3.8) is 0 Å². The fraction of sp³-hybridized carbons (Fsp3) is 0.333. The molecule has 0 radical (unpaired) electrons. The van der Waals surface area contributed by atoms with Crippen LogP contribution in [0.5, 0.6) is 0 Å². The Hall–Kier alpha value is -1.60. The van der Waals surface area contributed by atoms with Crippen molar-refractivity contribution < 1.29 is 0 Å². The molecule has 0 heterocycles. The van der Waals surface area contributed by atoms with Crippen LogP contribution in [0.4, 0.5) is 0 Å². The second-order valence-electron chi connectivity index (χ2n) is 6.03. The van der Waals surface area contributed by atoms with Crippen LogP contribution in [0.1, 0.15) is 33.4 Å². The number of nitrogens with two attached hydrogens (primary N) is 1. The molecule has 0 saturated heterocycles. The Morgan fingerprint density at radius 3 is 1.95 bits per heavy atom. The molecule has 0 bridgehead atoms. The van der Waals surface area contributed by atoms with Crippen LogP contribution in [0.25, 0.3) is 0 Å². The van der Waals surface area contributed by atoms with Crippen molar-refractivity contribution in [1.82, 2.24) is 0 Å². The highest BCUT2D eigenvalue weighted by Crippen LogP contribution is 2.37. The lowest BCUT2D eigenvalue weighted by atomic mass is 9.83. The van der Waals surface area contributed by atoms with Gasteiger partial charge in [0.1, 0.15) is 0 Å². The van der Waals surface area contributed by atoms with Crippen molar-refractivity contribution >= 4 is 0 Å². The van der Waals surface area contributed by atoms with Gasteiger partial charge in [0.2, 0.25) is 0 Å². The quantitative estimate of drug-likeness (QED) is 0.824. The van der Waals surface area contributed by atoms with E-state index in [1.54, 1.807) is 0 Å². The van der Waals surface area contributed by atoms with Crippen LogP contribution in [0.2, 0.25) is 0 Å². The van der Waals surface area contributed by atoms with Gasteiger partial charge in [-0.1, -0.05) is 36.4 Å². The maximum atomic E-state index is 6.75. The fourth-order valence-corrected chi connectivity index (χ4v) is 3.33. The Balaban J connectivity index is 2.07. The fourth-order valence-electron chi connectivity index (χ4n) is 3.33. The molecule has 2 N–H and O–H groups in total. The first-order chi connectivity index (χ1) is 8.99. The third kappa shape index (κ3) is 1.98. The van der Waals surface area contributed by atoms with Gasteiger partial charge in [-0.2, -0.15) is 0 Å². The first kappa shape index (κ1) is 12.4. The van der Waals surface area contributed by atoms with Gasteiger partial charge >= 0.3 is 0 Å². The Kier molecular flexibility index (Phi) is 2.75. The van der Waals surface area contributed by atoms with Crippen molar-refractivity contribution in [3.8, 4) is 0 Å². The molecule has 0 spiro atoms. The number of benzene rings is 2. The molecule has 0 atom stereocenters. The SMILES string of the molecule is Cc1cc(C)c(C2(N)Cc3ccccc3C2)cc1C. The van der Waals surface area contributed by atoms with Crippen LogP contribution >= 0.6 is 0 Å². The summed E-state index contributed by atoms with van der Waals surface area (Å²) in [6.45, 7) is 6.52. The molecule has 0 unspecified atom stereocenters. The third-order valence-electron chi connectivity index (χ3n) is 4.51. The average molecular weight is 251 g/mol. The van der Waals surface area contributed by atoms with Crippen LogP contribution in [0, 0.1) is 20.8 Å². The Bertz CT molecular complexity index is 615. The van der Waals surface area contributed by atoms with Crippen LogP contribution in [0.15, 0.2) is 36.4 Å². The van der Waals surface area contributed by atoms with Gasteiger partial charge in [0.25, 0.3) is 0 Å². The van der Waals surface area contributed by atoms with E-state index in [0.717, 1.165) is 12.8 Å². The van der Waals surface area contributed by atoms with Gasteiger partial charge in [0, 0.05) is 5.54 Å². The summed E-state index contributed by atoms with van der Waals surface area (Å²) in [5.41, 5.74) is 14.6. The molecular formula is C18H21N. The third-order valence-corrected chi connectivity index (χ3v) is 4.51. The van der Waals surface area contributed by atoms with Crippen LogP contribution in [-0.2, 0) is 18.4 Å². The zero-order valence-corrected chi connectivity index (χ0v) is 12.0. The summed E-state index contributed by atoms with van der Waals surface area (Å²) < 4.78 is 0. The van der Waals surface area contributed by atoms with E-state index >= 15 is 0 Å². The molecule has 0 saturated carbocycles. The van der Waals surface area contributed by atoms with Crippen LogP contribution in [-0.4, -0.2) is 0 Å². The van der Waals surface area contributed by atoms with Crippen molar-refractivity contribution in [2.45, 2.75) is 39.2 Å². The molecule has 19 heavy (non-hydrogen) atoms. The molecule has 2 aromatic carbocycles. The van der Waals surface area contributed by atoms with E-state index in [1.165, 1.54) is 33.4 Å². The van der Waals surface area contributed by atoms with E-state index in [2.05, 4.69) is 57.2 Å². The highest BCUT2D eigenvalue weighted by Gasteiger charge is 2.36. The van der Waals surface area contributed by atoms with Crippen molar-refractivity contribution in [2.75, 3.05) is 0 Å². The highest BCUT2D eigenvalue weighted by atomic mass is 14.8. The zero-order valence-electron chi connectivity index (χ0n) is 12.0. The number of hydrogen-bond donors (Lipinski definition) is 1. The summed E-state index contributed by atoms with van der Waals surface area (Å²) >= 11 is 0. The molecule has 0 amide bonds. The first-order valence-corrected chi connectivity index (χ1v) is 6.93. The first-order valence-electron chi connectivity index (χ1n) is 6.93. The smallest absolute Gasteiger partial charge is 0.0494 e. The minimum atomic E-state index is -0.230. The molecule has 2 aromatic rings. The second kappa shape index (κ2) is 4.21. The highest BCUT2D eigenvalue weighted by molar-refractivity contribution is 5.46. The van der Waals surface area contributed by atoms with Gasteiger partial charge in [0.05, 0.1) is 0 Å². The lowest BCUT2D eigenvalue weighted by molar-refractivity contribution is 0.470. The summed E-state index contributed by atoms with van der Waals surface area (Å²) in [7, 11) is 0. The van der Waals surface area contributed by atoms with Crippen LogP contribution < -0.4 is 5.73 Å². The van der Waals surface area contributed by atoms with Crippen molar-refractivity contribution in [2.24, 2.45) is 5.73 Å². The molecule has 1 aliphatic carbocycles. The van der Waals surface area contributed by atoms with E-state index in [9.17, 15) is 0 Å². The van der Waals surface area contributed by atoms with Crippen molar-refractivity contribution in [3.05, 3.63) is 69.8 Å². The maximum absolute atomic E-state index is 6.75. The molecule has 1 heteroatoms.